The SMILES string of the molecule is O=C1NN(c2ccc(Br)cc2)C(=O)/C1=C\c1ccc(N2CCOCC2)cc1. The maximum Gasteiger partial charge on any atom is 0.282 e. The first-order valence-corrected chi connectivity index (χ1v) is 9.46. The number of carbonyl (C=O) groups is 2. The second kappa shape index (κ2) is 7.54. The van der Waals surface area contributed by atoms with Gasteiger partial charge in [0, 0.05) is 23.2 Å². The normalized spacial score (nSPS) is 18.9. The lowest BCUT2D eigenvalue weighted by atomic mass is 10.1. The Hall–Kier alpha value is -2.64. The third kappa shape index (κ3) is 3.74. The van der Waals surface area contributed by atoms with Crippen molar-refractivity contribution in [3.05, 3.63) is 64.1 Å². The van der Waals surface area contributed by atoms with Gasteiger partial charge in [-0.2, -0.15) is 0 Å². The molecule has 7 heteroatoms. The Balaban J connectivity index is 1.53. The van der Waals surface area contributed by atoms with E-state index in [1.807, 2.05) is 36.4 Å². The van der Waals surface area contributed by atoms with E-state index in [0.717, 1.165) is 42.0 Å². The fourth-order valence-corrected chi connectivity index (χ4v) is 3.36. The van der Waals surface area contributed by atoms with Crippen LogP contribution in [0.4, 0.5) is 11.4 Å². The van der Waals surface area contributed by atoms with Crippen LogP contribution in [-0.4, -0.2) is 38.1 Å². The van der Waals surface area contributed by atoms with Crippen LogP contribution in [0.1, 0.15) is 5.56 Å². The van der Waals surface area contributed by atoms with E-state index in [-0.39, 0.29) is 11.5 Å². The molecule has 6 nitrogen and oxygen atoms in total. The number of carbonyl (C=O) groups excluding carboxylic acids is 2. The van der Waals surface area contributed by atoms with Crippen molar-refractivity contribution < 1.29 is 14.3 Å². The molecule has 0 bridgehead atoms. The second-order valence-electron chi connectivity index (χ2n) is 6.31. The fraction of sp³-hybridized carbons (Fsp3) is 0.200. The summed E-state index contributed by atoms with van der Waals surface area (Å²) in [7, 11) is 0. The van der Waals surface area contributed by atoms with Gasteiger partial charge in [-0.25, -0.2) is 5.01 Å². The number of hydrogen-bond acceptors (Lipinski definition) is 4. The van der Waals surface area contributed by atoms with Crippen molar-refractivity contribution in [2.75, 3.05) is 36.2 Å². The highest BCUT2D eigenvalue weighted by molar-refractivity contribution is 9.10. The molecule has 0 aromatic heterocycles. The summed E-state index contributed by atoms with van der Waals surface area (Å²) in [6.07, 6.45) is 1.62. The molecule has 0 aliphatic carbocycles. The average molecular weight is 428 g/mol. The second-order valence-corrected chi connectivity index (χ2v) is 7.22. The number of ether oxygens (including phenoxy) is 1. The standard InChI is InChI=1S/C20H18BrN3O3/c21-15-3-7-17(8-4-15)24-20(26)18(19(25)22-24)13-14-1-5-16(6-2-14)23-9-11-27-12-10-23/h1-8,13H,9-12H2,(H,22,25)/b18-13-. The Morgan fingerprint density at radius 2 is 1.56 bits per heavy atom. The zero-order valence-electron chi connectivity index (χ0n) is 14.5. The molecule has 0 unspecified atom stereocenters. The molecule has 0 spiro atoms. The van der Waals surface area contributed by atoms with Gasteiger partial charge in [0.15, 0.2) is 0 Å². The summed E-state index contributed by atoms with van der Waals surface area (Å²) in [5.74, 6) is -0.764. The molecule has 0 atom stereocenters. The van der Waals surface area contributed by atoms with Crippen LogP contribution < -0.4 is 15.3 Å². The molecule has 2 aliphatic rings. The van der Waals surface area contributed by atoms with Gasteiger partial charge < -0.3 is 9.64 Å². The van der Waals surface area contributed by atoms with Crippen molar-refractivity contribution in [1.29, 1.82) is 0 Å². The number of anilines is 2. The summed E-state index contributed by atoms with van der Waals surface area (Å²) < 4.78 is 6.27. The largest absolute Gasteiger partial charge is 0.378 e. The summed E-state index contributed by atoms with van der Waals surface area (Å²) in [5, 5.41) is 1.27. The zero-order valence-corrected chi connectivity index (χ0v) is 16.1. The highest BCUT2D eigenvalue weighted by Gasteiger charge is 2.34. The summed E-state index contributed by atoms with van der Waals surface area (Å²) in [4.78, 5) is 27.2. The fourth-order valence-electron chi connectivity index (χ4n) is 3.10. The minimum absolute atomic E-state index is 0.122. The maximum atomic E-state index is 12.7. The molecular formula is C20H18BrN3O3. The molecule has 2 fully saturated rings. The van der Waals surface area contributed by atoms with Crippen molar-refractivity contribution in [3.8, 4) is 0 Å². The summed E-state index contributed by atoms with van der Waals surface area (Å²) in [6.45, 7) is 3.19. The third-order valence-corrected chi connectivity index (χ3v) is 5.09. The lowest BCUT2D eigenvalue weighted by Gasteiger charge is -2.28. The zero-order chi connectivity index (χ0) is 18.8. The van der Waals surface area contributed by atoms with Gasteiger partial charge >= 0.3 is 0 Å². The molecular weight excluding hydrogens is 410 g/mol. The Kier molecular flexibility index (Phi) is 4.96. The number of hydrazine groups is 1. The van der Waals surface area contributed by atoms with Gasteiger partial charge in [0.1, 0.15) is 5.57 Å². The first-order valence-electron chi connectivity index (χ1n) is 8.67. The number of morpholine rings is 1. The van der Waals surface area contributed by atoms with E-state index < -0.39 is 5.91 Å². The Morgan fingerprint density at radius 3 is 2.22 bits per heavy atom. The van der Waals surface area contributed by atoms with Crippen LogP contribution in [0.15, 0.2) is 58.6 Å². The number of benzene rings is 2. The van der Waals surface area contributed by atoms with Gasteiger partial charge in [0.25, 0.3) is 11.8 Å². The first-order chi connectivity index (χ1) is 13.1. The van der Waals surface area contributed by atoms with E-state index >= 15 is 0 Å². The third-order valence-electron chi connectivity index (χ3n) is 4.56. The van der Waals surface area contributed by atoms with E-state index in [1.165, 1.54) is 5.01 Å². The van der Waals surface area contributed by atoms with Crippen LogP contribution in [0.2, 0.25) is 0 Å². The van der Waals surface area contributed by atoms with Crippen molar-refractivity contribution in [1.82, 2.24) is 5.43 Å². The number of halogens is 1. The van der Waals surface area contributed by atoms with Gasteiger partial charge in [-0.05, 0) is 48.0 Å². The van der Waals surface area contributed by atoms with Crippen molar-refractivity contribution >= 4 is 45.2 Å². The molecule has 2 saturated heterocycles. The summed E-state index contributed by atoms with van der Waals surface area (Å²) in [6, 6.07) is 15.0. The molecule has 2 aromatic carbocycles. The van der Waals surface area contributed by atoms with Crippen molar-refractivity contribution in [3.63, 3.8) is 0 Å². The van der Waals surface area contributed by atoms with E-state index in [2.05, 4.69) is 26.3 Å². The van der Waals surface area contributed by atoms with Crippen LogP contribution in [0, 0.1) is 0 Å². The van der Waals surface area contributed by atoms with Crippen LogP contribution in [0.5, 0.6) is 0 Å². The van der Waals surface area contributed by atoms with Crippen molar-refractivity contribution in [2.45, 2.75) is 0 Å². The molecule has 0 radical (unpaired) electrons. The highest BCUT2D eigenvalue weighted by Crippen LogP contribution is 2.24. The summed E-state index contributed by atoms with van der Waals surface area (Å²) >= 11 is 3.36. The summed E-state index contributed by atoms with van der Waals surface area (Å²) in [5.41, 5.74) is 5.27. The molecule has 1 N–H and O–H groups in total. The molecule has 0 saturated carbocycles. The van der Waals surface area contributed by atoms with Gasteiger partial charge in [-0.1, -0.05) is 28.1 Å². The molecule has 4 rings (SSSR count). The molecule has 2 heterocycles. The number of nitrogens with one attached hydrogen (secondary N) is 1. The number of rotatable bonds is 3. The van der Waals surface area contributed by atoms with Gasteiger partial charge in [-0.15, -0.1) is 0 Å². The molecule has 138 valence electrons. The molecule has 27 heavy (non-hydrogen) atoms. The predicted octanol–water partition coefficient (Wildman–Crippen LogP) is 2.75. The lowest BCUT2D eigenvalue weighted by molar-refractivity contribution is -0.117. The number of hydrogen-bond donors (Lipinski definition) is 1. The first kappa shape index (κ1) is 17.8. The number of amides is 2. The quantitative estimate of drug-likeness (QED) is 0.604. The minimum Gasteiger partial charge on any atom is -0.378 e. The van der Waals surface area contributed by atoms with Crippen LogP contribution in [0.3, 0.4) is 0 Å². The Bertz CT molecular complexity index is 888. The van der Waals surface area contributed by atoms with Gasteiger partial charge in [-0.3, -0.25) is 15.0 Å². The molecule has 2 amide bonds. The topological polar surface area (TPSA) is 61.9 Å². The lowest BCUT2D eigenvalue weighted by Crippen LogP contribution is -2.36. The van der Waals surface area contributed by atoms with E-state index in [0.29, 0.717) is 5.69 Å². The Labute approximate surface area is 165 Å². The predicted molar refractivity (Wildman–Crippen MR) is 107 cm³/mol. The van der Waals surface area contributed by atoms with Crippen LogP contribution >= 0.6 is 15.9 Å². The molecule has 2 aromatic rings. The Morgan fingerprint density at radius 1 is 0.926 bits per heavy atom. The minimum atomic E-state index is -0.403. The average Bonchev–Trinajstić information content (AvgIpc) is 2.98. The monoisotopic (exact) mass is 427 g/mol. The van der Waals surface area contributed by atoms with Crippen LogP contribution in [-0.2, 0) is 14.3 Å². The van der Waals surface area contributed by atoms with Crippen LogP contribution in [0.25, 0.3) is 6.08 Å². The highest BCUT2D eigenvalue weighted by atomic mass is 79.9. The maximum absolute atomic E-state index is 12.7. The smallest absolute Gasteiger partial charge is 0.282 e. The molecule has 2 aliphatic heterocycles. The van der Waals surface area contributed by atoms with E-state index in [1.54, 1.807) is 18.2 Å². The van der Waals surface area contributed by atoms with Gasteiger partial charge in [0.2, 0.25) is 0 Å². The van der Waals surface area contributed by atoms with E-state index in [9.17, 15) is 9.59 Å². The van der Waals surface area contributed by atoms with Crippen molar-refractivity contribution in [2.24, 2.45) is 0 Å². The number of nitrogens with zero attached hydrogens (tertiary/aromatic N) is 2. The van der Waals surface area contributed by atoms with Gasteiger partial charge in [0.05, 0.1) is 18.9 Å². The van der Waals surface area contributed by atoms with E-state index in [4.69, 9.17) is 4.74 Å².